The van der Waals surface area contributed by atoms with Crippen molar-refractivity contribution in [1.82, 2.24) is 19.9 Å². The van der Waals surface area contributed by atoms with Crippen LogP contribution in [-0.2, 0) is 12.1 Å². The second kappa shape index (κ2) is 5.22. The molecular formula is C16H21FN4. The Hall–Kier alpha value is -1.75. The molecule has 21 heavy (non-hydrogen) atoms. The van der Waals surface area contributed by atoms with Crippen molar-refractivity contribution in [1.29, 1.82) is 0 Å². The number of rotatable bonds is 3. The lowest BCUT2D eigenvalue weighted by molar-refractivity contribution is 0.0776. The van der Waals surface area contributed by atoms with Gasteiger partial charge in [-0.3, -0.25) is 4.90 Å². The molecule has 0 N–H and O–H groups in total. The molecule has 2 aromatic rings. The number of aromatic nitrogens is 3. The van der Waals surface area contributed by atoms with Crippen molar-refractivity contribution in [2.45, 2.75) is 45.3 Å². The molecular weight excluding hydrogens is 267 g/mol. The van der Waals surface area contributed by atoms with E-state index in [1.807, 2.05) is 23.0 Å². The number of hydrogen-bond acceptors (Lipinski definition) is 3. The Morgan fingerprint density at radius 2 is 2.05 bits per heavy atom. The second-order valence-electron chi connectivity index (χ2n) is 6.62. The van der Waals surface area contributed by atoms with Crippen LogP contribution >= 0.6 is 0 Å². The molecule has 0 unspecified atom stereocenters. The summed E-state index contributed by atoms with van der Waals surface area (Å²) in [4.78, 5) is 2.25. The molecule has 112 valence electrons. The average Bonchev–Trinajstić information content (AvgIpc) is 2.86. The van der Waals surface area contributed by atoms with E-state index in [-0.39, 0.29) is 17.4 Å². The fourth-order valence-corrected chi connectivity index (χ4v) is 2.63. The third-order valence-corrected chi connectivity index (χ3v) is 3.99. The maximum Gasteiger partial charge on any atom is 0.127 e. The zero-order chi connectivity index (χ0) is 15.0. The first-order valence-corrected chi connectivity index (χ1v) is 7.35. The smallest absolute Gasteiger partial charge is 0.127 e. The average molecular weight is 288 g/mol. The molecule has 0 radical (unpaired) electrons. The Bertz CT molecular complexity index is 629. The fraction of sp³-hybridized carbons (Fsp3) is 0.500. The molecule has 1 fully saturated rings. The van der Waals surface area contributed by atoms with Crippen molar-refractivity contribution >= 4 is 0 Å². The maximum atomic E-state index is 13.9. The van der Waals surface area contributed by atoms with E-state index >= 15 is 0 Å². The van der Waals surface area contributed by atoms with Crippen molar-refractivity contribution < 1.29 is 4.39 Å². The monoisotopic (exact) mass is 288 g/mol. The molecule has 0 bridgehead atoms. The van der Waals surface area contributed by atoms with Gasteiger partial charge in [-0.2, -0.15) is 0 Å². The van der Waals surface area contributed by atoms with Crippen LogP contribution in [0.4, 0.5) is 4.39 Å². The Morgan fingerprint density at radius 1 is 1.29 bits per heavy atom. The maximum absolute atomic E-state index is 13.9. The SMILES string of the molecule is CC(C)(C)n1cc(CN2CC[C@@H]2c2ccccc2F)nn1. The van der Waals surface area contributed by atoms with Crippen LogP contribution in [0.1, 0.15) is 44.5 Å². The highest BCUT2D eigenvalue weighted by molar-refractivity contribution is 5.23. The van der Waals surface area contributed by atoms with Gasteiger partial charge in [0.05, 0.1) is 17.4 Å². The van der Waals surface area contributed by atoms with E-state index in [9.17, 15) is 4.39 Å². The molecule has 0 saturated carbocycles. The van der Waals surface area contributed by atoms with Gasteiger partial charge in [0.1, 0.15) is 5.82 Å². The van der Waals surface area contributed by atoms with Crippen LogP contribution in [0.25, 0.3) is 0 Å². The van der Waals surface area contributed by atoms with Gasteiger partial charge in [0.2, 0.25) is 0 Å². The van der Waals surface area contributed by atoms with Gasteiger partial charge in [0, 0.05) is 24.7 Å². The standard InChI is InChI=1S/C16H21FN4/c1-16(2,3)21-11-12(18-19-21)10-20-9-8-15(20)13-6-4-5-7-14(13)17/h4-7,11,15H,8-10H2,1-3H3/t15-/m1/s1. The van der Waals surface area contributed by atoms with Crippen LogP contribution in [0.3, 0.4) is 0 Å². The summed E-state index contributed by atoms with van der Waals surface area (Å²) < 4.78 is 15.7. The molecule has 1 atom stereocenters. The molecule has 4 nitrogen and oxygen atoms in total. The van der Waals surface area contributed by atoms with Gasteiger partial charge in [-0.25, -0.2) is 9.07 Å². The quantitative estimate of drug-likeness (QED) is 0.870. The van der Waals surface area contributed by atoms with Crippen LogP contribution in [0.15, 0.2) is 30.5 Å². The minimum Gasteiger partial charge on any atom is -0.290 e. The third-order valence-electron chi connectivity index (χ3n) is 3.99. The first kappa shape index (κ1) is 14.2. The fourth-order valence-electron chi connectivity index (χ4n) is 2.63. The van der Waals surface area contributed by atoms with E-state index in [0.717, 1.165) is 30.8 Å². The van der Waals surface area contributed by atoms with Crippen molar-refractivity contribution in [2.24, 2.45) is 0 Å². The van der Waals surface area contributed by atoms with Gasteiger partial charge in [0.15, 0.2) is 0 Å². The summed E-state index contributed by atoms with van der Waals surface area (Å²) in [6, 6.07) is 7.19. The van der Waals surface area contributed by atoms with E-state index in [4.69, 9.17) is 0 Å². The number of likely N-dealkylation sites (tertiary alicyclic amines) is 1. The summed E-state index contributed by atoms with van der Waals surface area (Å²) in [5, 5.41) is 8.41. The molecule has 1 aromatic heterocycles. The number of halogens is 1. The molecule has 1 aliphatic heterocycles. The van der Waals surface area contributed by atoms with Gasteiger partial charge in [-0.15, -0.1) is 5.10 Å². The summed E-state index contributed by atoms with van der Waals surface area (Å²) >= 11 is 0. The van der Waals surface area contributed by atoms with Gasteiger partial charge in [-0.1, -0.05) is 23.4 Å². The summed E-state index contributed by atoms with van der Waals surface area (Å²) in [5.74, 6) is -0.120. The van der Waals surface area contributed by atoms with Gasteiger partial charge >= 0.3 is 0 Å². The number of benzene rings is 1. The predicted octanol–water partition coefficient (Wildman–Crippen LogP) is 3.12. The van der Waals surface area contributed by atoms with Gasteiger partial charge in [-0.05, 0) is 33.3 Å². The Kier molecular flexibility index (Phi) is 3.53. The molecule has 0 amide bonds. The zero-order valence-corrected chi connectivity index (χ0v) is 12.8. The predicted molar refractivity (Wildman–Crippen MR) is 79.2 cm³/mol. The van der Waals surface area contributed by atoms with Crippen molar-refractivity contribution in [2.75, 3.05) is 6.54 Å². The number of hydrogen-bond donors (Lipinski definition) is 0. The largest absolute Gasteiger partial charge is 0.290 e. The Balaban J connectivity index is 1.72. The minimum absolute atomic E-state index is 0.0643. The first-order chi connectivity index (χ1) is 9.95. The third kappa shape index (κ3) is 2.83. The highest BCUT2D eigenvalue weighted by Gasteiger charge is 2.31. The number of nitrogens with zero attached hydrogens (tertiary/aromatic N) is 4. The van der Waals surface area contributed by atoms with Crippen molar-refractivity contribution in [3.8, 4) is 0 Å². The summed E-state index contributed by atoms with van der Waals surface area (Å²) in [7, 11) is 0. The molecule has 1 aliphatic rings. The lowest BCUT2D eigenvalue weighted by Crippen LogP contribution is -2.40. The van der Waals surface area contributed by atoms with E-state index in [2.05, 4.69) is 36.0 Å². The van der Waals surface area contributed by atoms with Crippen LogP contribution in [-0.4, -0.2) is 26.4 Å². The normalized spacial score (nSPS) is 19.5. The lowest BCUT2D eigenvalue weighted by atomic mass is 9.94. The molecule has 1 aromatic carbocycles. The highest BCUT2D eigenvalue weighted by atomic mass is 19.1. The zero-order valence-electron chi connectivity index (χ0n) is 12.8. The lowest BCUT2D eigenvalue weighted by Gasteiger charge is -2.40. The molecule has 1 saturated heterocycles. The van der Waals surface area contributed by atoms with Crippen LogP contribution in [0.2, 0.25) is 0 Å². The summed E-state index contributed by atoms with van der Waals surface area (Å²) in [6.45, 7) is 7.97. The van der Waals surface area contributed by atoms with Crippen molar-refractivity contribution in [3.63, 3.8) is 0 Å². The van der Waals surface area contributed by atoms with Gasteiger partial charge < -0.3 is 0 Å². The molecule has 0 spiro atoms. The Morgan fingerprint density at radius 3 is 2.62 bits per heavy atom. The van der Waals surface area contributed by atoms with Crippen LogP contribution in [0, 0.1) is 5.82 Å². The van der Waals surface area contributed by atoms with E-state index in [1.165, 1.54) is 6.07 Å². The van der Waals surface area contributed by atoms with Crippen molar-refractivity contribution in [3.05, 3.63) is 47.5 Å². The van der Waals surface area contributed by atoms with Crippen LogP contribution in [0.5, 0.6) is 0 Å². The summed E-state index contributed by atoms with van der Waals surface area (Å²) in [6.07, 6.45) is 2.98. The topological polar surface area (TPSA) is 34.0 Å². The molecule has 0 aliphatic carbocycles. The second-order valence-corrected chi connectivity index (χ2v) is 6.62. The Labute approximate surface area is 124 Å². The van der Waals surface area contributed by atoms with Gasteiger partial charge in [0.25, 0.3) is 0 Å². The highest BCUT2D eigenvalue weighted by Crippen LogP contribution is 2.35. The first-order valence-electron chi connectivity index (χ1n) is 7.35. The van der Waals surface area contributed by atoms with E-state index in [1.54, 1.807) is 6.07 Å². The molecule has 5 heteroatoms. The molecule has 2 heterocycles. The summed E-state index contributed by atoms with van der Waals surface area (Å²) in [5.41, 5.74) is 1.66. The molecule has 3 rings (SSSR count). The minimum atomic E-state index is -0.120. The van der Waals surface area contributed by atoms with E-state index in [0.29, 0.717) is 0 Å². The van der Waals surface area contributed by atoms with Crippen LogP contribution < -0.4 is 0 Å². The van der Waals surface area contributed by atoms with E-state index < -0.39 is 0 Å².